The Morgan fingerprint density at radius 3 is 2.93 bits per heavy atom. The van der Waals surface area contributed by atoms with Crippen LogP contribution < -0.4 is 4.90 Å². The predicted molar refractivity (Wildman–Crippen MR) is 57.7 cm³/mol. The fourth-order valence-corrected chi connectivity index (χ4v) is 1.99. The zero-order valence-electron chi connectivity index (χ0n) is 8.28. The van der Waals surface area contributed by atoms with Crippen LogP contribution in [0.4, 0.5) is 5.82 Å². The van der Waals surface area contributed by atoms with Crippen molar-refractivity contribution in [3.05, 3.63) is 17.5 Å². The van der Waals surface area contributed by atoms with Gasteiger partial charge in [0.25, 0.3) is 0 Å². The van der Waals surface area contributed by atoms with Gasteiger partial charge in [0.2, 0.25) is 0 Å². The molecular weight excluding hydrogens is 198 g/mol. The molecule has 3 nitrogen and oxygen atoms in total. The van der Waals surface area contributed by atoms with Crippen LogP contribution in [0.3, 0.4) is 0 Å². The van der Waals surface area contributed by atoms with Gasteiger partial charge in [-0.1, -0.05) is 18.0 Å². The SMILES string of the molecule is CN(CC1CCC1)c1ncncc1Cl. The molecule has 0 unspecified atom stereocenters. The number of anilines is 1. The number of halogens is 1. The van der Waals surface area contributed by atoms with Crippen LogP contribution in [0.5, 0.6) is 0 Å². The third-order valence-electron chi connectivity index (χ3n) is 2.77. The smallest absolute Gasteiger partial charge is 0.150 e. The van der Waals surface area contributed by atoms with Crippen molar-refractivity contribution in [1.82, 2.24) is 9.97 Å². The largest absolute Gasteiger partial charge is 0.358 e. The number of nitrogens with zero attached hydrogens (tertiary/aromatic N) is 3. The molecule has 1 aliphatic carbocycles. The third kappa shape index (κ3) is 1.98. The molecule has 0 amide bonds. The Bertz CT molecular complexity index is 312. The Hall–Kier alpha value is -0.830. The van der Waals surface area contributed by atoms with Crippen LogP contribution in [0.2, 0.25) is 5.02 Å². The van der Waals surface area contributed by atoms with Gasteiger partial charge in [0.1, 0.15) is 11.3 Å². The molecule has 1 aromatic rings. The summed E-state index contributed by atoms with van der Waals surface area (Å²) >= 11 is 6.00. The molecule has 0 spiro atoms. The Kier molecular flexibility index (Phi) is 2.87. The summed E-state index contributed by atoms with van der Waals surface area (Å²) in [6.45, 7) is 1.05. The maximum Gasteiger partial charge on any atom is 0.150 e. The van der Waals surface area contributed by atoms with Crippen molar-refractivity contribution in [1.29, 1.82) is 0 Å². The van der Waals surface area contributed by atoms with Crippen molar-refractivity contribution < 1.29 is 0 Å². The van der Waals surface area contributed by atoms with Crippen LogP contribution in [-0.2, 0) is 0 Å². The lowest BCUT2D eigenvalue weighted by Crippen LogP contribution is -2.30. The summed E-state index contributed by atoms with van der Waals surface area (Å²) < 4.78 is 0. The van der Waals surface area contributed by atoms with Crippen LogP contribution in [0.15, 0.2) is 12.5 Å². The summed E-state index contributed by atoms with van der Waals surface area (Å²) in [7, 11) is 2.03. The molecule has 14 heavy (non-hydrogen) atoms. The second kappa shape index (κ2) is 4.13. The Morgan fingerprint density at radius 2 is 2.36 bits per heavy atom. The lowest BCUT2D eigenvalue weighted by atomic mass is 9.85. The van der Waals surface area contributed by atoms with Crippen molar-refractivity contribution in [2.24, 2.45) is 5.92 Å². The van der Waals surface area contributed by atoms with E-state index in [1.807, 2.05) is 7.05 Å². The molecule has 0 bridgehead atoms. The van der Waals surface area contributed by atoms with Crippen molar-refractivity contribution in [2.75, 3.05) is 18.5 Å². The van der Waals surface area contributed by atoms with Gasteiger partial charge in [-0.25, -0.2) is 9.97 Å². The van der Waals surface area contributed by atoms with Gasteiger partial charge in [0.15, 0.2) is 5.82 Å². The number of hydrogen-bond donors (Lipinski definition) is 0. The second-order valence-corrected chi connectivity index (χ2v) is 4.28. The molecule has 0 atom stereocenters. The number of rotatable bonds is 3. The Labute approximate surface area is 89.1 Å². The van der Waals surface area contributed by atoms with Crippen molar-refractivity contribution in [3.8, 4) is 0 Å². The molecule has 1 heterocycles. The highest BCUT2D eigenvalue weighted by atomic mass is 35.5. The van der Waals surface area contributed by atoms with Gasteiger partial charge < -0.3 is 4.90 Å². The topological polar surface area (TPSA) is 29.0 Å². The fourth-order valence-electron chi connectivity index (χ4n) is 1.74. The number of aromatic nitrogens is 2. The summed E-state index contributed by atoms with van der Waals surface area (Å²) in [6, 6.07) is 0. The predicted octanol–water partition coefficient (Wildman–Crippen LogP) is 2.37. The Morgan fingerprint density at radius 1 is 1.57 bits per heavy atom. The highest BCUT2D eigenvalue weighted by molar-refractivity contribution is 6.32. The van der Waals surface area contributed by atoms with Gasteiger partial charge in [-0.3, -0.25) is 0 Å². The zero-order chi connectivity index (χ0) is 9.97. The van der Waals surface area contributed by atoms with Gasteiger partial charge in [-0.2, -0.15) is 0 Å². The maximum absolute atomic E-state index is 6.00. The first-order valence-corrected chi connectivity index (χ1v) is 5.32. The summed E-state index contributed by atoms with van der Waals surface area (Å²) in [6.07, 6.45) is 7.23. The summed E-state index contributed by atoms with van der Waals surface area (Å²) in [5.74, 6) is 1.67. The monoisotopic (exact) mass is 211 g/mol. The highest BCUT2D eigenvalue weighted by Crippen LogP contribution is 2.29. The van der Waals surface area contributed by atoms with Gasteiger partial charge in [0.05, 0.1) is 6.20 Å². The van der Waals surface area contributed by atoms with E-state index in [0.717, 1.165) is 18.3 Å². The second-order valence-electron chi connectivity index (χ2n) is 3.87. The average Bonchev–Trinajstić information content (AvgIpc) is 2.12. The minimum atomic E-state index is 0.634. The van der Waals surface area contributed by atoms with E-state index in [9.17, 15) is 0 Å². The Balaban J connectivity index is 2.02. The average molecular weight is 212 g/mol. The van der Waals surface area contributed by atoms with E-state index in [1.165, 1.54) is 19.3 Å². The van der Waals surface area contributed by atoms with E-state index in [1.54, 1.807) is 12.5 Å². The molecule has 0 radical (unpaired) electrons. The van der Waals surface area contributed by atoms with Crippen molar-refractivity contribution in [3.63, 3.8) is 0 Å². The van der Waals surface area contributed by atoms with Crippen LogP contribution in [0, 0.1) is 5.92 Å². The normalized spacial score (nSPS) is 16.4. The van der Waals surface area contributed by atoms with Crippen LogP contribution >= 0.6 is 11.6 Å². The van der Waals surface area contributed by atoms with Gasteiger partial charge in [-0.05, 0) is 18.8 Å². The van der Waals surface area contributed by atoms with Crippen molar-refractivity contribution in [2.45, 2.75) is 19.3 Å². The van der Waals surface area contributed by atoms with E-state index in [-0.39, 0.29) is 0 Å². The standard InChI is InChI=1S/C10H14ClN3/c1-14(6-8-3-2-4-8)10-9(11)5-12-7-13-10/h5,7-8H,2-4,6H2,1H3. The lowest BCUT2D eigenvalue weighted by Gasteiger charge is -2.30. The molecular formula is C10H14ClN3. The molecule has 4 heteroatoms. The minimum Gasteiger partial charge on any atom is -0.358 e. The molecule has 1 aliphatic rings. The minimum absolute atomic E-state index is 0.634. The molecule has 0 aromatic carbocycles. The van der Waals surface area contributed by atoms with E-state index in [4.69, 9.17) is 11.6 Å². The van der Waals surface area contributed by atoms with E-state index >= 15 is 0 Å². The molecule has 76 valence electrons. The first-order chi connectivity index (χ1) is 6.77. The lowest BCUT2D eigenvalue weighted by molar-refractivity contribution is 0.321. The molecule has 0 aliphatic heterocycles. The van der Waals surface area contributed by atoms with E-state index < -0.39 is 0 Å². The number of hydrogen-bond acceptors (Lipinski definition) is 3. The van der Waals surface area contributed by atoms with E-state index in [2.05, 4.69) is 14.9 Å². The summed E-state index contributed by atoms with van der Waals surface area (Å²) in [5.41, 5.74) is 0. The van der Waals surface area contributed by atoms with Crippen LogP contribution in [0.25, 0.3) is 0 Å². The maximum atomic E-state index is 6.00. The first kappa shape index (κ1) is 9.71. The summed E-state index contributed by atoms with van der Waals surface area (Å²) in [4.78, 5) is 10.2. The molecule has 1 fully saturated rings. The van der Waals surface area contributed by atoms with Crippen molar-refractivity contribution >= 4 is 17.4 Å². The highest BCUT2D eigenvalue weighted by Gasteiger charge is 2.20. The van der Waals surface area contributed by atoms with Crippen LogP contribution in [-0.4, -0.2) is 23.6 Å². The molecule has 0 N–H and O–H groups in total. The quantitative estimate of drug-likeness (QED) is 0.769. The van der Waals surface area contributed by atoms with Gasteiger partial charge in [-0.15, -0.1) is 0 Å². The van der Waals surface area contributed by atoms with E-state index in [0.29, 0.717) is 5.02 Å². The van der Waals surface area contributed by atoms with Crippen LogP contribution in [0.1, 0.15) is 19.3 Å². The zero-order valence-corrected chi connectivity index (χ0v) is 9.04. The molecule has 2 rings (SSSR count). The van der Waals surface area contributed by atoms with Gasteiger partial charge >= 0.3 is 0 Å². The third-order valence-corrected chi connectivity index (χ3v) is 3.03. The first-order valence-electron chi connectivity index (χ1n) is 4.94. The molecule has 1 aromatic heterocycles. The fraction of sp³-hybridized carbons (Fsp3) is 0.600. The van der Waals surface area contributed by atoms with Gasteiger partial charge in [0, 0.05) is 13.6 Å². The molecule has 0 saturated heterocycles. The summed E-state index contributed by atoms with van der Waals surface area (Å²) in [5, 5.41) is 0.634. The molecule has 1 saturated carbocycles.